The highest BCUT2D eigenvalue weighted by Gasteiger charge is 2.31. The number of methoxy groups -OCH3 is 1. The van der Waals surface area contributed by atoms with Gasteiger partial charge in [-0.1, -0.05) is 12.1 Å². The summed E-state index contributed by atoms with van der Waals surface area (Å²) in [5.41, 5.74) is 0.591. The first-order chi connectivity index (χ1) is 12.7. The number of aliphatic hydroxyl groups is 2. The molecule has 1 aliphatic heterocycles. The van der Waals surface area contributed by atoms with E-state index in [0.29, 0.717) is 22.6 Å². The highest BCUT2D eigenvalue weighted by Crippen LogP contribution is 2.39. The van der Waals surface area contributed by atoms with Gasteiger partial charge in [-0.05, 0) is 43.2 Å². The van der Waals surface area contributed by atoms with Crippen LogP contribution in [0.1, 0.15) is 47.9 Å². The molecule has 2 unspecified atom stereocenters. The topological polar surface area (TPSA) is 96.2 Å². The molecule has 0 spiro atoms. The number of fused-ring (bicyclic) bond motifs is 1. The van der Waals surface area contributed by atoms with Crippen LogP contribution in [-0.2, 0) is 6.42 Å². The van der Waals surface area contributed by atoms with Gasteiger partial charge in [-0.3, -0.25) is 4.79 Å². The molecular formula is C21H24O6. The summed E-state index contributed by atoms with van der Waals surface area (Å²) in [4.78, 5) is 12.7. The van der Waals surface area contributed by atoms with Crippen LogP contribution in [0, 0.1) is 0 Å². The Balaban J connectivity index is 1.92. The summed E-state index contributed by atoms with van der Waals surface area (Å²) in [7, 11) is 1.50. The summed E-state index contributed by atoms with van der Waals surface area (Å²) in [6.07, 6.45) is -1.12. The van der Waals surface area contributed by atoms with E-state index in [1.54, 1.807) is 36.4 Å². The molecule has 27 heavy (non-hydrogen) atoms. The van der Waals surface area contributed by atoms with Gasteiger partial charge in [-0.15, -0.1) is 0 Å². The first-order valence-electron chi connectivity index (χ1n) is 8.79. The van der Waals surface area contributed by atoms with E-state index in [0.717, 1.165) is 5.56 Å². The fourth-order valence-corrected chi connectivity index (χ4v) is 3.08. The molecule has 2 atom stereocenters. The van der Waals surface area contributed by atoms with Crippen molar-refractivity contribution in [3.05, 3.63) is 53.1 Å². The Morgan fingerprint density at radius 1 is 1.26 bits per heavy atom. The molecule has 6 nitrogen and oxygen atoms in total. The molecule has 6 heteroatoms. The molecule has 144 valence electrons. The van der Waals surface area contributed by atoms with Crippen molar-refractivity contribution < 1.29 is 29.6 Å². The minimum absolute atomic E-state index is 0.0732. The highest BCUT2D eigenvalue weighted by atomic mass is 16.5. The number of carbonyl (C=O) groups is 1. The minimum Gasteiger partial charge on any atom is -0.508 e. The van der Waals surface area contributed by atoms with Crippen LogP contribution in [0.4, 0.5) is 0 Å². The van der Waals surface area contributed by atoms with E-state index >= 15 is 0 Å². The standard InChI is InChI=1S/C21H24O6/c1-21(2,25)20(24)9-13-8-15-16(23)10-18(12-4-6-14(22)7-5-12)27-19(15)11-17(13)26-3/h4-8,11,18,20,22,24-25H,9-10H2,1-3H3. The number of hydrogen-bond acceptors (Lipinski definition) is 6. The number of ether oxygens (including phenoxy) is 2. The lowest BCUT2D eigenvalue weighted by atomic mass is 9.91. The van der Waals surface area contributed by atoms with Crippen molar-refractivity contribution in [1.29, 1.82) is 0 Å². The van der Waals surface area contributed by atoms with Crippen LogP contribution in [0.3, 0.4) is 0 Å². The molecule has 0 saturated carbocycles. The average Bonchev–Trinajstić information content (AvgIpc) is 2.61. The molecule has 0 aromatic heterocycles. The molecule has 2 aromatic carbocycles. The lowest BCUT2D eigenvalue weighted by Crippen LogP contribution is -2.37. The first kappa shape index (κ1) is 19.2. The summed E-state index contributed by atoms with van der Waals surface area (Å²) in [6, 6.07) is 9.87. The summed E-state index contributed by atoms with van der Waals surface area (Å²) >= 11 is 0. The lowest BCUT2D eigenvalue weighted by molar-refractivity contribution is -0.0471. The summed E-state index contributed by atoms with van der Waals surface area (Å²) < 4.78 is 11.4. The van der Waals surface area contributed by atoms with Gasteiger partial charge < -0.3 is 24.8 Å². The van der Waals surface area contributed by atoms with E-state index in [2.05, 4.69) is 0 Å². The van der Waals surface area contributed by atoms with E-state index < -0.39 is 17.8 Å². The third-order valence-corrected chi connectivity index (χ3v) is 4.82. The second-order valence-corrected chi connectivity index (χ2v) is 7.36. The van der Waals surface area contributed by atoms with E-state index in [9.17, 15) is 20.1 Å². The number of aromatic hydroxyl groups is 1. The molecule has 0 radical (unpaired) electrons. The molecule has 1 aliphatic rings. The number of hydrogen-bond donors (Lipinski definition) is 3. The van der Waals surface area contributed by atoms with Crippen molar-refractivity contribution in [1.82, 2.24) is 0 Å². The van der Waals surface area contributed by atoms with Crippen LogP contribution < -0.4 is 9.47 Å². The fourth-order valence-electron chi connectivity index (χ4n) is 3.08. The number of phenols is 1. The SMILES string of the molecule is COc1cc2c(cc1CC(O)C(C)(C)O)C(=O)CC(c1ccc(O)cc1)O2. The van der Waals surface area contributed by atoms with E-state index in [1.165, 1.54) is 21.0 Å². The van der Waals surface area contributed by atoms with Crippen LogP contribution >= 0.6 is 0 Å². The molecule has 3 rings (SSSR count). The molecule has 0 amide bonds. The van der Waals surface area contributed by atoms with Gasteiger partial charge in [0.05, 0.1) is 30.8 Å². The van der Waals surface area contributed by atoms with Crippen molar-refractivity contribution in [3.63, 3.8) is 0 Å². The number of Topliss-reactive ketones (excluding diaryl/α,β-unsaturated/α-hetero) is 1. The molecule has 0 bridgehead atoms. The summed E-state index contributed by atoms with van der Waals surface area (Å²) in [6.45, 7) is 3.05. The van der Waals surface area contributed by atoms with E-state index in [-0.39, 0.29) is 24.4 Å². The van der Waals surface area contributed by atoms with Crippen molar-refractivity contribution in [2.75, 3.05) is 7.11 Å². The van der Waals surface area contributed by atoms with Crippen LogP contribution in [0.2, 0.25) is 0 Å². The zero-order chi connectivity index (χ0) is 19.8. The van der Waals surface area contributed by atoms with Gasteiger partial charge in [-0.25, -0.2) is 0 Å². The Labute approximate surface area is 158 Å². The van der Waals surface area contributed by atoms with Crippen LogP contribution in [0.5, 0.6) is 17.2 Å². The van der Waals surface area contributed by atoms with E-state index in [1.807, 2.05) is 0 Å². The maximum Gasteiger partial charge on any atom is 0.170 e. The van der Waals surface area contributed by atoms with Gasteiger partial charge in [0.25, 0.3) is 0 Å². The molecule has 0 fully saturated rings. The van der Waals surface area contributed by atoms with Crippen LogP contribution in [0.25, 0.3) is 0 Å². The predicted molar refractivity (Wildman–Crippen MR) is 99.4 cm³/mol. The number of ketones is 1. The Bertz CT molecular complexity index is 835. The smallest absolute Gasteiger partial charge is 0.170 e. The molecule has 0 saturated heterocycles. The Hall–Kier alpha value is -2.57. The van der Waals surface area contributed by atoms with Gasteiger partial charge in [0.1, 0.15) is 23.4 Å². The number of phenolic OH excluding ortho intramolecular Hbond substituents is 1. The van der Waals surface area contributed by atoms with Gasteiger partial charge in [-0.2, -0.15) is 0 Å². The van der Waals surface area contributed by atoms with Gasteiger partial charge in [0.15, 0.2) is 5.78 Å². The number of carbonyl (C=O) groups excluding carboxylic acids is 1. The second-order valence-electron chi connectivity index (χ2n) is 7.36. The molecule has 2 aromatic rings. The number of aliphatic hydroxyl groups excluding tert-OH is 1. The van der Waals surface area contributed by atoms with E-state index in [4.69, 9.17) is 9.47 Å². The van der Waals surface area contributed by atoms with Gasteiger partial charge in [0, 0.05) is 12.5 Å². The zero-order valence-corrected chi connectivity index (χ0v) is 15.6. The number of benzene rings is 2. The molecule has 0 aliphatic carbocycles. The second kappa shape index (κ2) is 7.21. The van der Waals surface area contributed by atoms with Crippen molar-refractivity contribution in [2.24, 2.45) is 0 Å². The normalized spacial score (nSPS) is 17.8. The maximum atomic E-state index is 12.7. The van der Waals surface area contributed by atoms with Crippen molar-refractivity contribution >= 4 is 5.78 Å². The third-order valence-electron chi connectivity index (χ3n) is 4.82. The lowest BCUT2D eigenvalue weighted by Gasteiger charge is -2.28. The average molecular weight is 372 g/mol. The number of rotatable bonds is 5. The zero-order valence-electron chi connectivity index (χ0n) is 15.6. The van der Waals surface area contributed by atoms with Crippen LogP contribution in [0.15, 0.2) is 36.4 Å². The van der Waals surface area contributed by atoms with Crippen molar-refractivity contribution in [2.45, 2.75) is 44.5 Å². The summed E-state index contributed by atoms with van der Waals surface area (Å²) in [5.74, 6) is 0.979. The van der Waals surface area contributed by atoms with Crippen LogP contribution in [-0.4, -0.2) is 39.9 Å². The molecule has 1 heterocycles. The molecular weight excluding hydrogens is 348 g/mol. The Morgan fingerprint density at radius 2 is 1.93 bits per heavy atom. The largest absolute Gasteiger partial charge is 0.508 e. The minimum atomic E-state index is -1.27. The Kier molecular flexibility index (Phi) is 5.13. The van der Waals surface area contributed by atoms with Crippen molar-refractivity contribution in [3.8, 4) is 17.2 Å². The van der Waals surface area contributed by atoms with Gasteiger partial charge >= 0.3 is 0 Å². The fraction of sp³-hybridized carbons (Fsp3) is 0.381. The first-order valence-corrected chi connectivity index (χ1v) is 8.79. The predicted octanol–water partition coefficient (Wildman–Crippen LogP) is 2.78. The quantitative estimate of drug-likeness (QED) is 0.747. The van der Waals surface area contributed by atoms with Gasteiger partial charge in [0.2, 0.25) is 0 Å². The Morgan fingerprint density at radius 3 is 2.52 bits per heavy atom. The highest BCUT2D eigenvalue weighted by molar-refractivity contribution is 6.00. The summed E-state index contributed by atoms with van der Waals surface area (Å²) in [5, 5.41) is 29.6. The monoisotopic (exact) mass is 372 g/mol. The molecule has 3 N–H and O–H groups in total. The third kappa shape index (κ3) is 4.07. The maximum absolute atomic E-state index is 12.7.